The van der Waals surface area contributed by atoms with E-state index in [-0.39, 0.29) is 5.75 Å². The fraction of sp³-hybridized carbons (Fsp3) is 0.500. The van der Waals surface area contributed by atoms with Crippen molar-refractivity contribution < 1.29 is 17.9 Å². The number of halogens is 3. The molecule has 0 heterocycles. The van der Waals surface area contributed by atoms with E-state index in [1.54, 1.807) is 12.1 Å². The quantitative estimate of drug-likeness (QED) is 0.880. The summed E-state index contributed by atoms with van der Waals surface area (Å²) in [5.41, 5.74) is 0.797. The summed E-state index contributed by atoms with van der Waals surface area (Å²) in [5, 5.41) is 3.28. The summed E-state index contributed by atoms with van der Waals surface area (Å²) in [6.07, 6.45) is -3.49. The van der Waals surface area contributed by atoms with Gasteiger partial charge in [0.15, 0.2) is 0 Å². The predicted molar refractivity (Wildman–Crippen MR) is 57.5 cm³/mol. The van der Waals surface area contributed by atoms with Crippen molar-refractivity contribution in [3.8, 4) is 5.75 Å². The van der Waals surface area contributed by atoms with Gasteiger partial charge in [-0.05, 0) is 30.0 Å². The fourth-order valence-electron chi connectivity index (χ4n) is 1.71. The van der Waals surface area contributed by atoms with E-state index in [1.165, 1.54) is 12.1 Å². The van der Waals surface area contributed by atoms with Crippen LogP contribution in [-0.4, -0.2) is 12.4 Å². The zero-order valence-corrected chi connectivity index (χ0v) is 9.42. The maximum atomic E-state index is 12.0. The molecule has 0 bridgehead atoms. The molecule has 0 radical (unpaired) electrons. The highest BCUT2D eigenvalue weighted by atomic mass is 19.4. The standard InChI is InChI=1S/C12H14F3NO/c1-8-5-11(8)16-7-9-3-2-4-10(6-9)17-12(13,14)15/h2-4,6,8,11,16H,5,7H2,1H3. The molecule has 0 amide bonds. The molecule has 2 rings (SSSR count). The van der Waals surface area contributed by atoms with E-state index in [9.17, 15) is 13.2 Å². The topological polar surface area (TPSA) is 21.3 Å². The molecule has 0 saturated heterocycles. The van der Waals surface area contributed by atoms with Crippen LogP contribution >= 0.6 is 0 Å². The van der Waals surface area contributed by atoms with E-state index < -0.39 is 6.36 Å². The van der Waals surface area contributed by atoms with Gasteiger partial charge < -0.3 is 10.1 Å². The molecule has 1 saturated carbocycles. The molecule has 0 aliphatic heterocycles. The van der Waals surface area contributed by atoms with E-state index in [2.05, 4.69) is 17.0 Å². The van der Waals surface area contributed by atoms with E-state index in [1.807, 2.05) is 0 Å². The molecule has 5 heteroatoms. The van der Waals surface area contributed by atoms with Crippen molar-refractivity contribution >= 4 is 0 Å². The van der Waals surface area contributed by atoms with Gasteiger partial charge in [0, 0.05) is 12.6 Å². The highest BCUT2D eigenvalue weighted by molar-refractivity contribution is 5.28. The second kappa shape index (κ2) is 4.56. The van der Waals surface area contributed by atoms with Crippen LogP contribution in [0, 0.1) is 5.92 Å². The first-order valence-corrected chi connectivity index (χ1v) is 5.52. The smallest absolute Gasteiger partial charge is 0.406 e. The number of rotatable bonds is 4. The Labute approximate surface area is 97.8 Å². The Morgan fingerprint density at radius 2 is 2.12 bits per heavy atom. The summed E-state index contributed by atoms with van der Waals surface area (Å²) in [6.45, 7) is 2.71. The Kier molecular flexibility index (Phi) is 3.28. The van der Waals surface area contributed by atoms with Crippen molar-refractivity contribution in [1.82, 2.24) is 5.32 Å². The molecule has 1 aromatic carbocycles. The van der Waals surface area contributed by atoms with E-state index >= 15 is 0 Å². The molecule has 1 fully saturated rings. The van der Waals surface area contributed by atoms with Crippen LogP contribution in [0.4, 0.5) is 13.2 Å². The van der Waals surface area contributed by atoms with Crippen molar-refractivity contribution in [3.63, 3.8) is 0 Å². The molecular weight excluding hydrogens is 231 g/mol. The largest absolute Gasteiger partial charge is 0.573 e. The molecule has 94 valence electrons. The minimum atomic E-state index is -4.63. The second-order valence-corrected chi connectivity index (χ2v) is 4.40. The van der Waals surface area contributed by atoms with Gasteiger partial charge in [-0.1, -0.05) is 19.1 Å². The number of nitrogens with one attached hydrogen (secondary N) is 1. The summed E-state index contributed by atoms with van der Waals surface area (Å²) >= 11 is 0. The average Bonchev–Trinajstić information content (AvgIpc) is 2.90. The lowest BCUT2D eigenvalue weighted by atomic mass is 10.2. The Hall–Kier alpha value is -1.23. The van der Waals surface area contributed by atoms with Gasteiger partial charge in [0.05, 0.1) is 0 Å². The maximum Gasteiger partial charge on any atom is 0.573 e. The van der Waals surface area contributed by atoms with Crippen molar-refractivity contribution in [2.45, 2.75) is 32.3 Å². The van der Waals surface area contributed by atoms with Crippen LogP contribution in [0.3, 0.4) is 0 Å². The number of alkyl halides is 3. The predicted octanol–water partition coefficient (Wildman–Crippen LogP) is 3.08. The van der Waals surface area contributed by atoms with Gasteiger partial charge in [0.25, 0.3) is 0 Å². The average molecular weight is 245 g/mol. The number of benzene rings is 1. The Morgan fingerprint density at radius 3 is 2.71 bits per heavy atom. The first kappa shape index (κ1) is 12.2. The number of hydrogen-bond acceptors (Lipinski definition) is 2. The van der Waals surface area contributed by atoms with Crippen LogP contribution < -0.4 is 10.1 Å². The first-order chi connectivity index (χ1) is 7.94. The molecule has 0 aromatic heterocycles. The zero-order valence-electron chi connectivity index (χ0n) is 9.42. The van der Waals surface area contributed by atoms with Crippen LogP contribution in [0.25, 0.3) is 0 Å². The van der Waals surface area contributed by atoms with Gasteiger partial charge >= 0.3 is 6.36 Å². The van der Waals surface area contributed by atoms with Gasteiger partial charge in [0.1, 0.15) is 5.75 Å². The normalized spacial score (nSPS) is 23.5. The Bertz CT molecular complexity index is 392. The van der Waals surface area contributed by atoms with Crippen molar-refractivity contribution in [1.29, 1.82) is 0 Å². The summed E-state index contributed by atoms with van der Waals surface area (Å²) in [6, 6.07) is 6.56. The SMILES string of the molecule is CC1CC1NCc1cccc(OC(F)(F)F)c1. The zero-order chi connectivity index (χ0) is 12.5. The molecule has 1 N–H and O–H groups in total. The molecule has 2 atom stereocenters. The summed E-state index contributed by atoms with van der Waals surface area (Å²) in [7, 11) is 0. The van der Waals surface area contributed by atoms with Crippen molar-refractivity contribution in [2.24, 2.45) is 5.92 Å². The third-order valence-corrected chi connectivity index (χ3v) is 2.81. The van der Waals surface area contributed by atoms with Gasteiger partial charge in [-0.15, -0.1) is 13.2 Å². The van der Waals surface area contributed by atoms with Crippen molar-refractivity contribution in [3.05, 3.63) is 29.8 Å². The third kappa shape index (κ3) is 3.93. The van der Waals surface area contributed by atoms with Crippen LogP contribution in [0.15, 0.2) is 24.3 Å². The van der Waals surface area contributed by atoms with E-state index in [0.717, 1.165) is 12.0 Å². The molecule has 1 aromatic rings. The maximum absolute atomic E-state index is 12.0. The molecule has 0 spiro atoms. The monoisotopic (exact) mass is 245 g/mol. The van der Waals surface area contributed by atoms with Crippen molar-refractivity contribution in [2.75, 3.05) is 0 Å². The fourth-order valence-corrected chi connectivity index (χ4v) is 1.71. The molecular formula is C12H14F3NO. The lowest BCUT2D eigenvalue weighted by molar-refractivity contribution is -0.274. The van der Waals surface area contributed by atoms with E-state index in [4.69, 9.17) is 0 Å². The highest BCUT2D eigenvalue weighted by Crippen LogP contribution is 2.29. The molecule has 1 aliphatic rings. The molecule has 2 unspecified atom stereocenters. The minimum Gasteiger partial charge on any atom is -0.406 e. The molecule has 1 aliphatic carbocycles. The van der Waals surface area contributed by atoms with E-state index in [0.29, 0.717) is 18.5 Å². The lowest BCUT2D eigenvalue weighted by Gasteiger charge is -2.10. The summed E-state index contributed by atoms with van der Waals surface area (Å²) < 4.78 is 39.9. The van der Waals surface area contributed by atoms with Gasteiger partial charge in [0.2, 0.25) is 0 Å². The highest BCUT2D eigenvalue weighted by Gasteiger charge is 2.32. The number of hydrogen-bond donors (Lipinski definition) is 1. The van der Waals surface area contributed by atoms with Gasteiger partial charge in [-0.3, -0.25) is 0 Å². The van der Waals surface area contributed by atoms with Crippen LogP contribution in [0.2, 0.25) is 0 Å². The second-order valence-electron chi connectivity index (χ2n) is 4.40. The number of ether oxygens (including phenoxy) is 1. The molecule has 2 nitrogen and oxygen atoms in total. The Morgan fingerprint density at radius 1 is 1.41 bits per heavy atom. The summed E-state index contributed by atoms with van der Waals surface area (Å²) in [5.74, 6) is 0.505. The lowest BCUT2D eigenvalue weighted by Crippen LogP contribution is -2.18. The van der Waals surface area contributed by atoms with Crippen LogP contribution in [0.5, 0.6) is 5.75 Å². The molecule has 17 heavy (non-hydrogen) atoms. The minimum absolute atomic E-state index is 0.166. The summed E-state index contributed by atoms with van der Waals surface area (Å²) in [4.78, 5) is 0. The van der Waals surface area contributed by atoms with Gasteiger partial charge in [-0.25, -0.2) is 0 Å². The van der Waals surface area contributed by atoms with Gasteiger partial charge in [-0.2, -0.15) is 0 Å². The first-order valence-electron chi connectivity index (χ1n) is 5.52. The Balaban J connectivity index is 1.91. The van der Waals surface area contributed by atoms with Crippen LogP contribution in [-0.2, 0) is 6.54 Å². The third-order valence-electron chi connectivity index (χ3n) is 2.81. The van der Waals surface area contributed by atoms with Crippen LogP contribution in [0.1, 0.15) is 18.9 Å².